The normalized spacial score (nSPS) is 17.7. The molecule has 0 aliphatic carbocycles. The summed E-state index contributed by atoms with van der Waals surface area (Å²) >= 11 is 0. The van der Waals surface area contributed by atoms with E-state index in [2.05, 4.69) is 25.7 Å². The van der Waals surface area contributed by atoms with Crippen molar-refractivity contribution in [3.63, 3.8) is 0 Å². The number of carbonyl (C=O) groups is 1. The molecule has 2 aromatic heterocycles. The molecule has 8 nitrogen and oxygen atoms in total. The number of hydrogen-bond donors (Lipinski definition) is 2. The number of rotatable bonds is 4. The number of piperidine rings is 1. The summed E-state index contributed by atoms with van der Waals surface area (Å²) in [6, 6.07) is 5.58. The second-order valence-electron chi connectivity index (χ2n) is 8.80. The monoisotopic (exact) mass is 489 g/mol. The van der Waals surface area contributed by atoms with E-state index in [0.29, 0.717) is 26.3 Å². The van der Waals surface area contributed by atoms with Crippen LogP contribution in [0.15, 0.2) is 36.7 Å². The van der Waals surface area contributed by atoms with Gasteiger partial charge in [-0.05, 0) is 42.5 Å². The van der Waals surface area contributed by atoms with Crippen molar-refractivity contribution in [3.05, 3.63) is 47.8 Å². The SMILES string of the molecule is Nc1cc(OC(F)(F)F)ccc1C(=O)N1CCC(c2c[nH]c3ncc(N4CCOCC4)cc23)CC1. The van der Waals surface area contributed by atoms with E-state index in [9.17, 15) is 18.0 Å². The third-order valence-corrected chi connectivity index (χ3v) is 6.63. The Morgan fingerprint density at radius 2 is 1.89 bits per heavy atom. The number of amides is 1. The number of morpholine rings is 1. The predicted molar refractivity (Wildman–Crippen MR) is 125 cm³/mol. The van der Waals surface area contributed by atoms with E-state index in [-0.39, 0.29) is 23.1 Å². The smallest absolute Gasteiger partial charge is 0.406 e. The van der Waals surface area contributed by atoms with Crippen LogP contribution < -0.4 is 15.4 Å². The summed E-state index contributed by atoms with van der Waals surface area (Å²) in [5, 5.41) is 1.09. The molecule has 11 heteroatoms. The Hall–Kier alpha value is -3.47. The number of nitrogens with zero attached hydrogens (tertiary/aromatic N) is 3. The molecule has 0 radical (unpaired) electrons. The van der Waals surface area contributed by atoms with Gasteiger partial charge in [0.25, 0.3) is 5.91 Å². The number of benzene rings is 1. The zero-order valence-corrected chi connectivity index (χ0v) is 19.0. The number of pyridine rings is 1. The Labute approximate surface area is 199 Å². The fourth-order valence-corrected chi connectivity index (χ4v) is 4.84. The largest absolute Gasteiger partial charge is 0.573 e. The number of halogens is 3. The fraction of sp³-hybridized carbons (Fsp3) is 0.417. The molecule has 4 heterocycles. The lowest BCUT2D eigenvalue weighted by molar-refractivity contribution is -0.274. The molecule has 35 heavy (non-hydrogen) atoms. The molecule has 2 fully saturated rings. The minimum absolute atomic E-state index is 0.0442. The Balaban J connectivity index is 1.27. The highest BCUT2D eigenvalue weighted by Gasteiger charge is 2.32. The summed E-state index contributed by atoms with van der Waals surface area (Å²) in [4.78, 5) is 24.8. The molecule has 1 amide bonds. The quantitative estimate of drug-likeness (QED) is 0.540. The first-order valence-electron chi connectivity index (χ1n) is 11.5. The van der Waals surface area contributed by atoms with Crippen molar-refractivity contribution >= 4 is 28.3 Å². The number of hydrogen-bond acceptors (Lipinski definition) is 6. The molecular formula is C24H26F3N5O3. The molecule has 3 N–H and O–H groups in total. The lowest BCUT2D eigenvalue weighted by Gasteiger charge is -2.32. The van der Waals surface area contributed by atoms with Crippen LogP contribution in [0.4, 0.5) is 24.5 Å². The Kier molecular flexibility index (Phi) is 6.18. The van der Waals surface area contributed by atoms with Gasteiger partial charge in [-0.1, -0.05) is 0 Å². The number of carbonyl (C=O) groups excluding carboxylic acids is 1. The summed E-state index contributed by atoms with van der Waals surface area (Å²) in [6.07, 6.45) is 0.580. The number of ether oxygens (including phenoxy) is 2. The summed E-state index contributed by atoms with van der Waals surface area (Å²) in [7, 11) is 0. The van der Waals surface area contributed by atoms with Gasteiger partial charge >= 0.3 is 6.36 Å². The van der Waals surface area contributed by atoms with Gasteiger partial charge in [0.1, 0.15) is 11.4 Å². The summed E-state index contributed by atoms with van der Waals surface area (Å²) in [6.45, 7) is 4.11. The number of nitrogens with two attached hydrogens (primary N) is 1. The maximum absolute atomic E-state index is 13.0. The number of alkyl halides is 3. The number of H-pyrrole nitrogens is 1. The third-order valence-electron chi connectivity index (χ3n) is 6.63. The first kappa shape index (κ1) is 23.3. The average Bonchev–Trinajstić information content (AvgIpc) is 3.27. The first-order valence-corrected chi connectivity index (χ1v) is 11.5. The van der Waals surface area contributed by atoms with E-state index >= 15 is 0 Å². The second-order valence-corrected chi connectivity index (χ2v) is 8.80. The van der Waals surface area contributed by atoms with E-state index in [4.69, 9.17) is 10.5 Å². The highest BCUT2D eigenvalue weighted by Crippen LogP contribution is 2.35. The van der Waals surface area contributed by atoms with Crippen LogP contribution in [-0.2, 0) is 4.74 Å². The van der Waals surface area contributed by atoms with Gasteiger partial charge < -0.3 is 30.0 Å². The Bertz CT molecular complexity index is 1210. The van der Waals surface area contributed by atoms with Crippen LogP contribution in [0.5, 0.6) is 5.75 Å². The van der Waals surface area contributed by atoms with Crippen LogP contribution in [0.3, 0.4) is 0 Å². The van der Waals surface area contributed by atoms with Crippen molar-refractivity contribution in [2.24, 2.45) is 0 Å². The van der Waals surface area contributed by atoms with Crippen LogP contribution in [0.2, 0.25) is 0 Å². The summed E-state index contributed by atoms with van der Waals surface area (Å²) in [5.74, 6) is -0.487. The molecule has 2 saturated heterocycles. The molecule has 0 saturated carbocycles. The number of nitrogens with one attached hydrogen (secondary N) is 1. The second kappa shape index (κ2) is 9.29. The molecule has 0 spiro atoms. The predicted octanol–water partition coefficient (Wildman–Crippen LogP) is 3.90. The topological polar surface area (TPSA) is 96.7 Å². The zero-order valence-electron chi connectivity index (χ0n) is 19.0. The van der Waals surface area contributed by atoms with Crippen LogP contribution in [0.25, 0.3) is 11.0 Å². The Morgan fingerprint density at radius 3 is 2.57 bits per heavy atom. The van der Waals surface area contributed by atoms with Crippen LogP contribution in [0, 0.1) is 0 Å². The number of anilines is 2. The number of aromatic amines is 1. The number of aromatic nitrogens is 2. The van der Waals surface area contributed by atoms with E-state index in [0.717, 1.165) is 54.8 Å². The maximum atomic E-state index is 13.0. The molecule has 2 aliphatic heterocycles. The van der Waals surface area contributed by atoms with Gasteiger partial charge in [-0.25, -0.2) is 4.98 Å². The maximum Gasteiger partial charge on any atom is 0.573 e. The fourth-order valence-electron chi connectivity index (χ4n) is 4.84. The first-order chi connectivity index (χ1) is 16.8. The van der Waals surface area contributed by atoms with Crippen molar-refractivity contribution in [3.8, 4) is 5.75 Å². The van der Waals surface area contributed by atoms with Gasteiger partial charge in [0, 0.05) is 49.5 Å². The minimum Gasteiger partial charge on any atom is -0.406 e. The lowest BCUT2D eigenvalue weighted by atomic mass is 9.89. The van der Waals surface area contributed by atoms with Crippen LogP contribution in [0.1, 0.15) is 34.7 Å². The van der Waals surface area contributed by atoms with Gasteiger partial charge in [-0.3, -0.25) is 4.79 Å². The average molecular weight is 489 g/mol. The molecule has 3 aromatic rings. The zero-order chi connectivity index (χ0) is 24.6. The lowest BCUT2D eigenvalue weighted by Crippen LogP contribution is -2.38. The summed E-state index contributed by atoms with van der Waals surface area (Å²) < 4.78 is 46.6. The molecular weight excluding hydrogens is 463 g/mol. The third kappa shape index (κ3) is 5.00. The van der Waals surface area contributed by atoms with Gasteiger partial charge in [-0.15, -0.1) is 13.2 Å². The van der Waals surface area contributed by atoms with Crippen molar-refractivity contribution < 1.29 is 27.4 Å². The van der Waals surface area contributed by atoms with Gasteiger partial charge in [0.15, 0.2) is 0 Å². The molecule has 0 bridgehead atoms. The van der Waals surface area contributed by atoms with E-state index in [1.165, 1.54) is 11.6 Å². The van der Waals surface area contributed by atoms with Gasteiger partial charge in [-0.2, -0.15) is 0 Å². The Morgan fingerprint density at radius 1 is 1.14 bits per heavy atom. The van der Waals surface area contributed by atoms with E-state index in [1.54, 1.807) is 4.90 Å². The number of likely N-dealkylation sites (tertiary alicyclic amines) is 1. The minimum atomic E-state index is -4.82. The van der Waals surface area contributed by atoms with Crippen molar-refractivity contribution in [2.75, 3.05) is 50.0 Å². The van der Waals surface area contributed by atoms with Crippen LogP contribution in [-0.4, -0.2) is 66.5 Å². The van der Waals surface area contributed by atoms with Crippen molar-refractivity contribution in [2.45, 2.75) is 25.1 Å². The van der Waals surface area contributed by atoms with Crippen molar-refractivity contribution in [1.82, 2.24) is 14.9 Å². The summed E-state index contributed by atoms with van der Waals surface area (Å²) in [5.41, 5.74) is 9.09. The number of nitrogen functional groups attached to an aromatic ring is 1. The van der Waals surface area contributed by atoms with Crippen molar-refractivity contribution in [1.29, 1.82) is 0 Å². The molecule has 0 atom stereocenters. The highest BCUT2D eigenvalue weighted by molar-refractivity contribution is 5.99. The van der Waals surface area contributed by atoms with E-state index in [1.807, 2.05) is 12.4 Å². The van der Waals surface area contributed by atoms with Gasteiger partial charge in [0.05, 0.1) is 30.7 Å². The molecule has 186 valence electrons. The standard InChI is InChI=1S/C24H26F3N5O3/c25-24(26,27)35-17-1-2-18(21(28)12-17)23(33)32-5-3-15(4-6-32)20-14-30-22-19(20)11-16(13-29-22)31-7-9-34-10-8-31/h1-2,11-15H,3-10,28H2,(H,29,30). The van der Waals surface area contributed by atoms with Crippen LogP contribution >= 0.6 is 0 Å². The van der Waals surface area contributed by atoms with E-state index < -0.39 is 12.1 Å². The highest BCUT2D eigenvalue weighted by atomic mass is 19.4. The van der Waals surface area contributed by atoms with Gasteiger partial charge in [0.2, 0.25) is 0 Å². The molecule has 1 aromatic carbocycles. The molecule has 5 rings (SSSR count). The number of fused-ring (bicyclic) bond motifs is 1. The molecule has 0 unspecified atom stereocenters. The molecule has 2 aliphatic rings.